The van der Waals surface area contributed by atoms with Crippen molar-refractivity contribution in [2.45, 2.75) is 30.4 Å². The van der Waals surface area contributed by atoms with Crippen LogP contribution in [0.25, 0.3) is 0 Å². The van der Waals surface area contributed by atoms with Gasteiger partial charge >= 0.3 is 0 Å². The molecule has 2 aromatic rings. The van der Waals surface area contributed by atoms with Gasteiger partial charge in [0.15, 0.2) is 0 Å². The summed E-state index contributed by atoms with van der Waals surface area (Å²) < 4.78 is 27.9. The Balaban J connectivity index is 2.29. The first-order valence-electron chi connectivity index (χ1n) is 6.84. The van der Waals surface area contributed by atoms with E-state index in [2.05, 4.69) is 4.72 Å². The van der Waals surface area contributed by atoms with Crippen molar-refractivity contribution in [2.75, 3.05) is 11.3 Å². The van der Waals surface area contributed by atoms with E-state index in [9.17, 15) is 8.42 Å². The molecular weight excluding hydrogens is 304 g/mol. The summed E-state index contributed by atoms with van der Waals surface area (Å²) in [6.07, 6.45) is 0.697. The molecule has 0 aliphatic carbocycles. The molecule has 4 nitrogen and oxygen atoms in total. The Morgan fingerprint density at radius 3 is 2.57 bits per heavy atom. The molecule has 0 fully saturated rings. The van der Waals surface area contributed by atoms with Crippen molar-refractivity contribution in [3.05, 3.63) is 46.8 Å². The van der Waals surface area contributed by atoms with E-state index >= 15 is 0 Å². The van der Waals surface area contributed by atoms with Gasteiger partial charge in [-0.15, -0.1) is 11.3 Å². The van der Waals surface area contributed by atoms with Crippen LogP contribution in [0.1, 0.15) is 30.2 Å². The smallest absolute Gasteiger partial charge is 0.271 e. The quantitative estimate of drug-likeness (QED) is 0.857. The number of thiophene rings is 1. The highest BCUT2D eigenvalue weighted by Gasteiger charge is 2.18. The van der Waals surface area contributed by atoms with Crippen molar-refractivity contribution in [3.8, 4) is 0 Å². The van der Waals surface area contributed by atoms with Crippen molar-refractivity contribution in [1.82, 2.24) is 0 Å². The fraction of sp³-hybridized carbons (Fsp3) is 0.333. The Bertz CT molecular complexity index is 706. The van der Waals surface area contributed by atoms with Gasteiger partial charge in [0.05, 0.1) is 5.69 Å². The molecule has 21 heavy (non-hydrogen) atoms. The molecule has 0 bridgehead atoms. The third kappa shape index (κ3) is 3.84. The maximum atomic E-state index is 12.5. The zero-order valence-corrected chi connectivity index (χ0v) is 13.8. The molecule has 6 heteroatoms. The number of para-hydroxylation sites is 1. The Labute approximate surface area is 130 Å². The van der Waals surface area contributed by atoms with E-state index in [-0.39, 0.29) is 5.92 Å². The number of rotatable bonds is 6. The fourth-order valence-electron chi connectivity index (χ4n) is 2.07. The molecule has 0 atom stereocenters. The third-order valence-corrected chi connectivity index (χ3v) is 6.12. The lowest BCUT2D eigenvalue weighted by Gasteiger charge is -2.14. The minimum Gasteiger partial charge on any atom is -0.330 e. The molecular formula is C15H20N2O2S2. The highest BCUT2D eigenvalue weighted by Crippen LogP contribution is 2.28. The summed E-state index contributed by atoms with van der Waals surface area (Å²) in [4.78, 5) is 0.981. The second kappa shape index (κ2) is 6.60. The second-order valence-electron chi connectivity index (χ2n) is 5.11. The molecule has 0 saturated heterocycles. The van der Waals surface area contributed by atoms with Crippen LogP contribution in [-0.2, 0) is 16.4 Å². The van der Waals surface area contributed by atoms with Crippen LogP contribution in [0.3, 0.4) is 0 Å². The predicted octanol–water partition coefficient (Wildman–Crippen LogP) is 3.17. The maximum Gasteiger partial charge on any atom is 0.271 e. The summed E-state index contributed by atoms with van der Waals surface area (Å²) in [5, 5.41) is 0. The first-order chi connectivity index (χ1) is 9.94. The largest absolute Gasteiger partial charge is 0.330 e. The maximum absolute atomic E-state index is 12.5. The molecule has 1 heterocycles. The monoisotopic (exact) mass is 324 g/mol. The van der Waals surface area contributed by atoms with Gasteiger partial charge in [0.1, 0.15) is 4.21 Å². The third-order valence-electron chi connectivity index (χ3n) is 3.12. The summed E-state index contributed by atoms with van der Waals surface area (Å²) in [6.45, 7) is 4.60. The van der Waals surface area contributed by atoms with Crippen LogP contribution in [0.5, 0.6) is 0 Å². The van der Waals surface area contributed by atoms with Gasteiger partial charge < -0.3 is 5.73 Å². The molecule has 0 spiro atoms. The molecule has 1 aromatic carbocycles. The van der Waals surface area contributed by atoms with E-state index in [1.165, 1.54) is 11.3 Å². The molecule has 0 aliphatic heterocycles. The number of nitrogens with two attached hydrogens (primary N) is 1. The molecule has 0 saturated carbocycles. The van der Waals surface area contributed by atoms with Gasteiger partial charge in [0.25, 0.3) is 10.0 Å². The standard InChI is InChI=1S/C15H20N2O2S2/c1-11(2)13-5-3-4-6-14(13)17-21(18,19)15-8-7-12(20-15)9-10-16/h3-8,11,17H,9-10,16H2,1-2H3. The van der Waals surface area contributed by atoms with Crippen molar-refractivity contribution < 1.29 is 8.42 Å². The van der Waals surface area contributed by atoms with Crippen molar-refractivity contribution >= 4 is 27.0 Å². The molecule has 1 aromatic heterocycles. The number of nitrogens with one attached hydrogen (secondary N) is 1. The first kappa shape index (κ1) is 16.0. The van der Waals surface area contributed by atoms with Crippen LogP contribution in [0.15, 0.2) is 40.6 Å². The van der Waals surface area contributed by atoms with Crippen LogP contribution in [0.2, 0.25) is 0 Å². The van der Waals surface area contributed by atoms with Crippen LogP contribution >= 0.6 is 11.3 Å². The minimum atomic E-state index is -3.54. The summed E-state index contributed by atoms with van der Waals surface area (Å²) in [7, 11) is -3.54. The lowest BCUT2D eigenvalue weighted by molar-refractivity contribution is 0.603. The minimum absolute atomic E-state index is 0.250. The lowest BCUT2D eigenvalue weighted by Crippen LogP contribution is -2.13. The Morgan fingerprint density at radius 1 is 1.19 bits per heavy atom. The van der Waals surface area contributed by atoms with Gasteiger partial charge in [-0.25, -0.2) is 8.42 Å². The van der Waals surface area contributed by atoms with Crippen molar-refractivity contribution in [3.63, 3.8) is 0 Å². The zero-order valence-electron chi connectivity index (χ0n) is 12.2. The Morgan fingerprint density at radius 2 is 1.90 bits per heavy atom. The molecule has 3 N–H and O–H groups in total. The van der Waals surface area contributed by atoms with Crippen LogP contribution < -0.4 is 10.5 Å². The summed E-state index contributed by atoms with van der Waals surface area (Å²) in [5.74, 6) is 0.250. The number of benzene rings is 1. The number of anilines is 1. The topological polar surface area (TPSA) is 72.2 Å². The van der Waals surface area contributed by atoms with E-state index in [1.54, 1.807) is 12.1 Å². The van der Waals surface area contributed by atoms with Crippen LogP contribution in [0, 0.1) is 0 Å². The van der Waals surface area contributed by atoms with Gasteiger partial charge in [-0.05, 0) is 42.6 Å². The van der Waals surface area contributed by atoms with Crippen LogP contribution in [0.4, 0.5) is 5.69 Å². The Hall–Kier alpha value is -1.37. The Kier molecular flexibility index (Phi) is 5.03. The molecule has 0 amide bonds. The van der Waals surface area contributed by atoms with E-state index in [0.29, 0.717) is 22.9 Å². The highest BCUT2D eigenvalue weighted by atomic mass is 32.2. The first-order valence-corrected chi connectivity index (χ1v) is 9.14. The van der Waals surface area contributed by atoms with E-state index < -0.39 is 10.0 Å². The molecule has 0 unspecified atom stereocenters. The fourth-order valence-corrected chi connectivity index (χ4v) is 4.53. The molecule has 0 aliphatic rings. The van der Waals surface area contributed by atoms with Crippen molar-refractivity contribution in [2.24, 2.45) is 5.73 Å². The number of hydrogen-bond donors (Lipinski definition) is 2. The average Bonchev–Trinajstić information content (AvgIpc) is 2.88. The highest BCUT2D eigenvalue weighted by molar-refractivity contribution is 7.94. The van der Waals surface area contributed by atoms with E-state index in [0.717, 1.165) is 10.4 Å². The van der Waals surface area contributed by atoms with Gasteiger partial charge in [-0.1, -0.05) is 32.0 Å². The van der Waals surface area contributed by atoms with Gasteiger partial charge in [-0.3, -0.25) is 4.72 Å². The normalized spacial score (nSPS) is 11.8. The van der Waals surface area contributed by atoms with Gasteiger partial charge in [0.2, 0.25) is 0 Å². The zero-order chi connectivity index (χ0) is 15.5. The summed E-state index contributed by atoms with van der Waals surface area (Å²) in [6, 6.07) is 10.9. The predicted molar refractivity (Wildman–Crippen MR) is 88.4 cm³/mol. The lowest BCUT2D eigenvalue weighted by atomic mass is 10.0. The van der Waals surface area contributed by atoms with E-state index in [4.69, 9.17) is 5.73 Å². The molecule has 2 rings (SSSR count). The number of sulfonamides is 1. The summed E-state index contributed by atoms with van der Waals surface area (Å²) >= 11 is 1.27. The molecule has 0 radical (unpaired) electrons. The summed E-state index contributed by atoms with van der Waals surface area (Å²) in [5.41, 5.74) is 7.12. The van der Waals surface area contributed by atoms with Crippen molar-refractivity contribution in [1.29, 1.82) is 0 Å². The van der Waals surface area contributed by atoms with Crippen LogP contribution in [-0.4, -0.2) is 15.0 Å². The average molecular weight is 324 g/mol. The van der Waals surface area contributed by atoms with Gasteiger partial charge in [-0.2, -0.15) is 0 Å². The SMILES string of the molecule is CC(C)c1ccccc1NS(=O)(=O)c1ccc(CCN)s1. The van der Waals surface area contributed by atoms with E-state index in [1.807, 2.05) is 38.1 Å². The molecule has 114 valence electrons. The van der Waals surface area contributed by atoms with Gasteiger partial charge in [0, 0.05) is 4.88 Å². The second-order valence-corrected chi connectivity index (χ2v) is 8.18. The number of hydrogen-bond acceptors (Lipinski definition) is 4.